The minimum atomic E-state index is -1.32. The molecule has 0 aromatic heterocycles. The van der Waals surface area contributed by atoms with Gasteiger partial charge in [-0.05, 0) is 19.8 Å². The summed E-state index contributed by atoms with van der Waals surface area (Å²) in [6.45, 7) is 8.98. The van der Waals surface area contributed by atoms with E-state index in [9.17, 15) is 4.39 Å². The summed E-state index contributed by atoms with van der Waals surface area (Å²) < 4.78 is 13.9. The average molecular weight is 181 g/mol. The topological polar surface area (TPSA) is 23.8 Å². The van der Waals surface area contributed by atoms with E-state index in [1.165, 1.54) is 0 Å². The molecule has 0 saturated carbocycles. The number of nitriles is 1. The van der Waals surface area contributed by atoms with Crippen LogP contribution in [0.15, 0.2) is 24.8 Å². The third-order valence-electron chi connectivity index (χ3n) is 1.81. The number of hydrogen-bond donors (Lipinski definition) is 0. The second-order valence-electron chi connectivity index (χ2n) is 3.44. The number of halogens is 1. The van der Waals surface area contributed by atoms with Crippen LogP contribution in [0.5, 0.6) is 0 Å². The van der Waals surface area contributed by atoms with Gasteiger partial charge in [0.2, 0.25) is 0 Å². The smallest absolute Gasteiger partial charge is 0.119 e. The molecule has 0 bridgehead atoms. The van der Waals surface area contributed by atoms with E-state index in [4.69, 9.17) is 5.26 Å². The Kier molecular flexibility index (Phi) is 5.06. The summed E-state index contributed by atoms with van der Waals surface area (Å²) in [6, 6.07) is 1.95. The molecule has 0 aromatic rings. The van der Waals surface area contributed by atoms with Gasteiger partial charge in [0.05, 0.1) is 6.07 Å². The Labute approximate surface area is 79.6 Å². The van der Waals surface area contributed by atoms with Gasteiger partial charge in [-0.25, -0.2) is 4.39 Å². The standard InChI is InChI=1S/C11H16FN/c1-4-6-11(12,7-5-8-13)9-10(2)3/h4H,1-2,5-7,9H2,3H3. The Morgan fingerprint density at radius 1 is 1.69 bits per heavy atom. The second-order valence-corrected chi connectivity index (χ2v) is 3.44. The lowest BCUT2D eigenvalue weighted by molar-refractivity contribution is 0.155. The third kappa shape index (κ3) is 5.19. The van der Waals surface area contributed by atoms with Crippen LogP contribution in [0, 0.1) is 11.3 Å². The van der Waals surface area contributed by atoms with E-state index >= 15 is 0 Å². The molecule has 0 radical (unpaired) electrons. The zero-order valence-electron chi connectivity index (χ0n) is 8.15. The molecular formula is C11H16FN. The van der Waals surface area contributed by atoms with Crippen molar-refractivity contribution in [3.05, 3.63) is 24.8 Å². The maximum absolute atomic E-state index is 13.9. The maximum Gasteiger partial charge on any atom is 0.119 e. The summed E-state index contributed by atoms with van der Waals surface area (Å²) in [5, 5.41) is 8.37. The molecule has 13 heavy (non-hydrogen) atoms. The van der Waals surface area contributed by atoms with Gasteiger partial charge in [0.15, 0.2) is 0 Å². The first-order chi connectivity index (χ1) is 6.04. The molecule has 0 aliphatic carbocycles. The number of nitrogens with zero attached hydrogens (tertiary/aromatic N) is 1. The molecule has 72 valence electrons. The van der Waals surface area contributed by atoms with Crippen LogP contribution in [0.25, 0.3) is 0 Å². The average Bonchev–Trinajstić information content (AvgIpc) is 2.00. The minimum Gasteiger partial charge on any atom is -0.243 e. The first-order valence-corrected chi connectivity index (χ1v) is 4.35. The van der Waals surface area contributed by atoms with Gasteiger partial charge in [0.25, 0.3) is 0 Å². The predicted octanol–water partition coefficient (Wildman–Crippen LogP) is 3.54. The molecule has 0 amide bonds. The molecule has 0 saturated heterocycles. The van der Waals surface area contributed by atoms with Crippen LogP contribution >= 0.6 is 0 Å². The van der Waals surface area contributed by atoms with Crippen molar-refractivity contribution in [3.63, 3.8) is 0 Å². The zero-order chi connectivity index (χ0) is 10.3. The van der Waals surface area contributed by atoms with Crippen molar-refractivity contribution in [2.75, 3.05) is 0 Å². The molecule has 1 unspecified atom stereocenters. The summed E-state index contributed by atoms with van der Waals surface area (Å²) in [5.74, 6) is 0. The third-order valence-corrected chi connectivity index (χ3v) is 1.81. The Hall–Kier alpha value is -1.10. The number of hydrogen-bond acceptors (Lipinski definition) is 1. The van der Waals surface area contributed by atoms with Crippen molar-refractivity contribution in [2.45, 2.75) is 38.3 Å². The SMILES string of the molecule is C=CCC(F)(CCC#N)CC(=C)C. The highest BCUT2D eigenvalue weighted by Crippen LogP contribution is 2.29. The van der Waals surface area contributed by atoms with Crippen LogP contribution in [0.4, 0.5) is 4.39 Å². The van der Waals surface area contributed by atoms with Crippen molar-refractivity contribution < 1.29 is 4.39 Å². The van der Waals surface area contributed by atoms with Crippen molar-refractivity contribution in [1.82, 2.24) is 0 Å². The summed E-state index contributed by atoms with van der Waals surface area (Å²) >= 11 is 0. The van der Waals surface area contributed by atoms with Gasteiger partial charge in [-0.15, -0.1) is 13.2 Å². The molecule has 0 fully saturated rings. The van der Waals surface area contributed by atoms with Crippen molar-refractivity contribution in [1.29, 1.82) is 5.26 Å². The number of alkyl halides is 1. The van der Waals surface area contributed by atoms with E-state index in [2.05, 4.69) is 13.2 Å². The molecule has 0 spiro atoms. The van der Waals surface area contributed by atoms with E-state index < -0.39 is 5.67 Å². The van der Waals surface area contributed by atoms with Gasteiger partial charge < -0.3 is 0 Å². The van der Waals surface area contributed by atoms with Gasteiger partial charge in [-0.1, -0.05) is 11.6 Å². The van der Waals surface area contributed by atoms with Crippen LogP contribution in [0.2, 0.25) is 0 Å². The van der Waals surface area contributed by atoms with Gasteiger partial charge in [-0.3, -0.25) is 0 Å². The van der Waals surface area contributed by atoms with Gasteiger partial charge in [0, 0.05) is 12.8 Å². The van der Waals surface area contributed by atoms with Crippen molar-refractivity contribution >= 4 is 0 Å². The number of rotatable bonds is 6. The second kappa shape index (κ2) is 5.53. The summed E-state index contributed by atoms with van der Waals surface area (Å²) in [7, 11) is 0. The first kappa shape index (κ1) is 11.9. The molecule has 0 aromatic carbocycles. The summed E-state index contributed by atoms with van der Waals surface area (Å²) in [6.07, 6.45) is 2.68. The highest BCUT2D eigenvalue weighted by molar-refractivity contribution is 5.01. The van der Waals surface area contributed by atoms with Crippen LogP contribution in [0.3, 0.4) is 0 Å². The predicted molar refractivity (Wildman–Crippen MR) is 52.9 cm³/mol. The molecule has 0 N–H and O–H groups in total. The first-order valence-electron chi connectivity index (χ1n) is 4.35. The Morgan fingerprint density at radius 2 is 2.31 bits per heavy atom. The quantitative estimate of drug-likeness (QED) is 0.575. The monoisotopic (exact) mass is 181 g/mol. The molecule has 0 heterocycles. The van der Waals surface area contributed by atoms with E-state index in [1.807, 2.05) is 6.07 Å². The fourth-order valence-electron chi connectivity index (χ4n) is 1.34. The van der Waals surface area contributed by atoms with E-state index in [-0.39, 0.29) is 12.8 Å². The lowest BCUT2D eigenvalue weighted by atomic mass is 9.90. The van der Waals surface area contributed by atoms with Crippen LogP contribution in [-0.2, 0) is 0 Å². The largest absolute Gasteiger partial charge is 0.243 e. The lowest BCUT2D eigenvalue weighted by Gasteiger charge is -2.22. The normalized spacial score (nSPS) is 14.2. The number of allylic oxidation sites excluding steroid dienone is 2. The van der Waals surface area contributed by atoms with Crippen LogP contribution < -0.4 is 0 Å². The van der Waals surface area contributed by atoms with Crippen molar-refractivity contribution in [3.8, 4) is 6.07 Å². The minimum absolute atomic E-state index is 0.248. The fraction of sp³-hybridized carbons (Fsp3) is 0.545. The van der Waals surface area contributed by atoms with Gasteiger partial charge in [-0.2, -0.15) is 5.26 Å². The van der Waals surface area contributed by atoms with Crippen LogP contribution in [0.1, 0.15) is 32.6 Å². The van der Waals surface area contributed by atoms with E-state index in [0.29, 0.717) is 12.8 Å². The lowest BCUT2D eigenvalue weighted by Crippen LogP contribution is -2.22. The molecular weight excluding hydrogens is 165 g/mol. The molecule has 2 heteroatoms. The molecule has 1 atom stereocenters. The van der Waals surface area contributed by atoms with Crippen molar-refractivity contribution in [2.24, 2.45) is 0 Å². The van der Waals surface area contributed by atoms with E-state index in [1.54, 1.807) is 13.0 Å². The summed E-state index contributed by atoms with van der Waals surface area (Å²) in [4.78, 5) is 0. The molecule has 0 rings (SSSR count). The Balaban J connectivity index is 4.24. The Morgan fingerprint density at radius 3 is 2.69 bits per heavy atom. The molecule has 0 aliphatic heterocycles. The van der Waals surface area contributed by atoms with E-state index in [0.717, 1.165) is 5.57 Å². The summed E-state index contributed by atoms with van der Waals surface area (Å²) in [5.41, 5.74) is -0.508. The molecule has 0 aliphatic rings. The highest BCUT2D eigenvalue weighted by Gasteiger charge is 2.27. The van der Waals surface area contributed by atoms with Crippen LogP contribution in [-0.4, -0.2) is 5.67 Å². The Bertz CT molecular complexity index is 227. The zero-order valence-corrected chi connectivity index (χ0v) is 8.15. The fourth-order valence-corrected chi connectivity index (χ4v) is 1.34. The maximum atomic E-state index is 13.9. The highest BCUT2D eigenvalue weighted by atomic mass is 19.1. The van der Waals surface area contributed by atoms with Gasteiger partial charge in [0.1, 0.15) is 5.67 Å². The van der Waals surface area contributed by atoms with Gasteiger partial charge >= 0.3 is 0 Å². The molecule has 1 nitrogen and oxygen atoms in total.